The average molecular weight is 384 g/mol. The number of benzene rings is 2. The van der Waals surface area contributed by atoms with Crippen molar-refractivity contribution in [3.8, 4) is 0 Å². The molecule has 0 aliphatic heterocycles. The summed E-state index contributed by atoms with van der Waals surface area (Å²) < 4.78 is 13.0. The number of amides is 1. The second-order valence-corrected chi connectivity index (χ2v) is 6.46. The number of carbonyl (C=O) groups excluding carboxylic acids is 1. The van der Waals surface area contributed by atoms with Crippen LogP contribution < -0.4 is 16.4 Å². The third-order valence-electron chi connectivity index (χ3n) is 3.32. The molecule has 1 heterocycles. The van der Waals surface area contributed by atoms with E-state index < -0.39 is 0 Å². The van der Waals surface area contributed by atoms with Crippen molar-refractivity contribution in [2.45, 2.75) is 5.75 Å². The van der Waals surface area contributed by atoms with Crippen LogP contribution >= 0.6 is 11.8 Å². The minimum Gasteiger partial charge on any atom is -0.368 e. The Morgan fingerprint density at radius 1 is 1.00 bits per heavy atom. The summed E-state index contributed by atoms with van der Waals surface area (Å²) in [6.45, 7) is 0. The summed E-state index contributed by atoms with van der Waals surface area (Å²) in [5.41, 5.74) is 7.10. The van der Waals surface area contributed by atoms with Gasteiger partial charge < -0.3 is 16.4 Å². The molecule has 0 aliphatic rings. The second-order valence-electron chi connectivity index (χ2n) is 5.47. The Hall–Kier alpha value is -3.20. The predicted octanol–water partition coefficient (Wildman–Crippen LogP) is 3.21. The van der Waals surface area contributed by atoms with E-state index in [0.717, 1.165) is 5.69 Å². The number of aromatic nitrogens is 3. The molecule has 1 aromatic heterocycles. The van der Waals surface area contributed by atoms with E-state index in [1.807, 2.05) is 30.3 Å². The number of hydrogen-bond acceptors (Lipinski definition) is 7. The summed E-state index contributed by atoms with van der Waals surface area (Å²) in [5, 5.41) is 5.75. The van der Waals surface area contributed by atoms with Gasteiger partial charge in [-0.2, -0.15) is 15.0 Å². The largest absolute Gasteiger partial charge is 0.368 e. The highest BCUT2D eigenvalue weighted by Gasteiger charge is 2.08. The monoisotopic (exact) mass is 384 g/mol. The van der Waals surface area contributed by atoms with Gasteiger partial charge in [0, 0.05) is 11.4 Å². The molecule has 7 nitrogen and oxygen atoms in total. The van der Waals surface area contributed by atoms with Crippen LogP contribution in [0.4, 0.5) is 27.7 Å². The lowest BCUT2D eigenvalue weighted by Gasteiger charge is -2.08. The van der Waals surface area contributed by atoms with Crippen molar-refractivity contribution in [3.05, 3.63) is 66.2 Å². The third kappa shape index (κ3) is 5.93. The van der Waals surface area contributed by atoms with E-state index in [1.165, 1.54) is 23.9 Å². The van der Waals surface area contributed by atoms with E-state index in [4.69, 9.17) is 5.73 Å². The molecule has 2 aromatic carbocycles. The third-order valence-corrected chi connectivity index (χ3v) is 4.25. The number of thioether (sulfide) groups is 1. The first kappa shape index (κ1) is 18.6. The second kappa shape index (κ2) is 8.95. The van der Waals surface area contributed by atoms with E-state index in [-0.39, 0.29) is 29.4 Å². The lowest BCUT2D eigenvalue weighted by molar-refractivity contribution is -0.113. The molecular formula is C18H17FN6OS. The molecule has 0 atom stereocenters. The van der Waals surface area contributed by atoms with Gasteiger partial charge in [0.05, 0.1) is 11.5 Å². The molecular weight excluding hydrogens is 367 g/mol. The van der Waals surface area contributed by atoms with Crippen molar-refractivity contribution in [2.75, 3.05) is 22.1 Å². The molecule has 3 rings (SSSR count). The van der Waals surface area contributed by atoms with Crippen LogP contribution in [0.2, 0.25) is 0 Å². The highest BCUT2D eigenvalue weighted by atomic mass is 32.2. The van der Waals surface area contributed by atoms with Gasteiger partial charge in [-0.1, -0.05) is 18.2 Å². The number of halogens is 1. The number of hydrogen-bond donors (Lipinski definition) is 3. The van der Waals surface area contributed by atoms with Crippen LogP contribution in [-0.4, -0.2) is 26.6 Å². The van der Waals surface area contributed by atoms with Crippen molar-refractivity contribution < 1.29 is 9.18 Å². The van der Waals surface area contributed by atoms with Gasteiger partial charge in [0.15, 0.2) is 0 Å². The molecule has 0 fully saturated rings. The highest BCUT2D eigenvalue weighted by Crippen LogP contribution is 2.16. The van der Waals surface area contributed by atoms with Gasteiger partial charge in [-0.05, 0) is 36.4 Å². The number of nitrogens with zero attached hydrogens (tertiary/aromatic N) is 3. The zero-order valence-corrected chi connectivity index (χ0v) is 15.0. The molecule has 0 unspecified atom stereocenters. The Balaban J connectivity index is 1.54. The molecule has 0 saturated carbocycles. The molecule has 0 saturated heterocycles. The summed E-state index contributed by atoms with van der Waals surface area (Å²) in [4.78, 5) is 24.3. The van der Waals surface area contributed by atoms with Gasteiger partial charge in [-0.3, -0.25) is 4.79 Å². The standard InChI is InChI=1S/C18H17FN6OS/c19-12-6-8-14(9-7-12)22-18-24-15(23-17(20)25-18)10-27-11-16(26)21-13-4-2-1-3-5-13/h1-9H,10-11H2,(H,21,26)(H3,20,22,23,24,25). The Kier molecular flexibility index (Phi) is 6.16. The summed E-state index contributed by atoms with van der Waals surface area (Å²) in [7, 11) is 0. The fourth-order valence-corrected chi connectivity index (χ4v) is 2.85. The first-order chi connectivity index (χ1) is 13.1. The van der Waals surface area contributed by atoms with Gasteiger partial charge in [0.1, 0.15) is 11.6 Å². The Bertz CT molecular complexity index is 907. The number of carbonyl (C=O) groups is 1. The zero-order chi connectivity index (χ0) is 19.1. The van der Waals surface area contributed by atoms with Crippen molar-refractivity contribution in [2.24, 2.45) is 0 Å². The molecule has 0 spiro atoms. The van der Waals surface area contributed by atoms with E-state index in [2.05, 4.69) is 25.6 Å². The number of rotatable bonds is 7. The molecule has 9 heteroatoms. The molecule has 27 heavy (non-hydrogen) atoms. The van der Waals surface area contributed by atoms with E-state index in [1.54, 1.807) is 12.1 Å². The topological polar surface area (TPSA) is 106 Å². The summed E-state index contributed by atoms with van der Waals surface area (Å²) >= 11 is 1.36. The maximum Gasteiger partial charge on any atom is 0.234 e. The number of nitrogens with one attached hydrogen (secondary N) is 2. The number of nitrogen functional groups attached to an aromatic ring is 1. The quantitative estimate of drug-likeness (QED) is 0.574. The van der Waals surface area contributed by atoms with Gasteiger partial charge in [-0.15, -0.1) is 11.8 Å². The number of anilines is 4. The maximum atomic E-state index is 13.0. The predicted molar refractivity (Wildman–Crippen MR) is 105 cm³/mol. The van der Waals surface area contributed by atoms with Gasteiger partial charge in [0.2, 0.25) is 17.8 Å². The van der Waals surface area contributed by atoms with Crippen molar-refractivity contribution >= 4 is 40.9 Å². The molecule has 0 aliphatic carbocycles. The van der Waals surface area contributed by atoms with Gasteiger partial charge in [-0.25, -0.2) is 4.39 Å². The molecule has 0 bridgehead atoms. The van der Waals surface area contributed by atoms with E-state index >= 15 is 0 Å². The normalized spacial score (nSPS) is 10.4. The Morgan fingerprint density at radius 3 is 2.48 bits per heavy atom. The lowest BCUT2D eigenvalue weighted by Crippen LogP contribution is -2.14. The minimum absolute atomic E-state index is 0.0685. The Morgan fingerprint density at radius 2 is 1.74 bits per heavy atom. The molecule has 3 aromatic rings. The Labute approximate surface area is 159 Å². The van der Waals surface area contributed by atoms with Crippen LogP contribution in [0.25, 0.3) is 0 Å². The van der Waals surface area contributed by atoms with Crippen molar-refractivity contribution in [1.82, 2.24) is 15.0 Å². The first-order valence-electron chi connectivity index (χ1n) is 8.04. The summed E-state index contributed by atoms with van der Waals surface area (Å²) in [5.74, 6) is 0.982. The summed E-state index contributed by atoms with van der Waals surface area (Å²) in [6.07, 6.45) is 0. The van der Waals surface area contributed by atoms with Crippen molar-refractivity contribution in [3.63, 3.8) is 0 Å². The number of para-hydroxylation sites is 1. The van der Waals surface area contributed by atoms with Crippen LogP contribution in [0.3, 0.4) is 0 Å². The number of nitrogens with two attached hydrogens (primary N) is 1. The molecule has 0 radical (unpaired) electrons. The summed E-state index contributed by atoms with van der Waals surface area (Å²) in [6, 6.07) is 15.0. The fourth-order valence-electron chi connectivity index (χ4n) is 2.17. The zero-order valence-electron chi connectivity index (χ0n) is 14.2. The smallest absolute Gasteiger partial charge is 0.234 e. The highest BCUT2D eigenvalue weighted by molar-refractivity contribution is 7.99. The maximum absolute atomic E-state index is 13.0. The SMILES string of the molecule is Nc1nc(CSCC(=O)Nc2ccccc2)nc(Nc2ccc(F)cc2)n1. The van der Waals surface area contributed by atoms with Crippen LogP contribution in [0, 0.1) is 5.82 Å². The van der Waals surface area contributed by atoms with E-state index in [9.17, 15) is 9.18 Å². The van der Waals surface area contributed by atoms with Gasteiger partial charge in [0.25, 0.3) is 0 Å². The van der Waals surface area contributed by atoms with Crippen LogP contribution in [-0.2, 0) is 10.5 Å². The van der Waals surface area contributed by atoms with Crippen LogP contribution in [0.15, 0.2) is 54.6 Å². The minimum atomic E-state index is -0.332. The molecule has 1 amide bonds. The van der Waals surface area contributed by atoms with Gasteiger partial charge >= 0.3 is 0 Å². The first-order valence-corrected chi connectivity index (χ1v) is 9.19. The average Bonchev–Trinajstić information content (AvgIpc) is 2.64. The lowest BCUT2D eigenvalue weighted by atomic mass is 10.3. The fraction of sp³-hybridized carbons (Fsp3) is 0.111. The van der Waals surface area contributed by atoms with Crippen LogP contribution in [0.1, 0.15) is 5.82 Å². The van der Waals surface area contributed by atoms with Crippen molar-refractivity contribution in [1.29, 1.82) is 0 Å². The molecule has 138 valence electrons. The molecule has 4 N–H and O–H groups in total. The van der Waals surface area contributed by atoms with E-state index in [0.29, 0.717) is 17.3 Å². The van der Waals surface area contributed by atoms with Crippen LogP contribution in [0.5, 0.6) is 0 Å².